The minimum atomic E-state index is 0.451. The number of hydrogen-bond acceptors (Lipinski definition) is 1. The molecule has 0 aliphatic rings. The van der Waals surface area contributed by atoms with Crippen LogP contribution in [-0.2, 0) is 0 Å². The Labute approximate surface area is 121 Å². The molecule has 1 rings (SSSR count). The van der Waals surface area contributed by atoms with Crippen molar-refractivity contribution < 1.29 is 0 Å². The van der Waals surface area contributed by atoms with Crippen molar-refractivity contribution in [1.82, 2.24) is 4.90 Å². The van der Waals surface area contributed by atoms with Gasteiger partial charge in [0.05, 0.1) is 4.83 Å². The molecule has 2 heteroatoms. The Morgan fingerprint density at radius 3 is 2.06 bits per heavy atom. The smallest absolute Gasteiger partial charge is 0.0522 e. The number of rotatable bonds is 9. The van der Waals surface area contributed by atoms with E-state index < -0.39 is 0 Å². The van der Waals surface area contributed by atoms with E-state index in [1.54, 1.807) is 0 Å². The molecule has 18 heavy (non-hydrogen) atoms. The van der Waals surface area contributed by atoms with Crippen LogP contribution >= 0.6 is 15.9 Å². The first-order chi connectivity index (χ1) is 8.77. The Morgan fingerprint density at radius 2 is 1.56 bits per heavy atom. The maximum Gasteiger partial charge on any atom is 0.0522 e. The van der Waals surface area contributed by atoms with Gasteiger partial charge in [0, 0.05) is 6.54 Å². The molecule has 0 bridgehead atoms. The number of alkyl halides is 1. The van der Waals surface area contributed by atoms with Gasteiger partial charge in [0.15, 0.2) is 0 Å². The summed E-state index contributed by atoms with van der Waals surface area (Å²) in [5, 5.41) is 0. The fourth-order valence-corrected chi connectivity index (χ4v) is 2.77. The zero-order valence-electron chi connectivity index (χ0n) is 11.7. The Morgan fingerprint density at radius 1 is 1.00 bits per heavy atom. The van der Waals surface area contributed by atoms with Gasteiger partial charge in [-0.1, -0.05) is 73.0 Å². The molecule has 1 atom stereocenters. The lowest BCUT2D eigenvalue weighted by Crippen LogP contribution is -2.29. The summed E-state index contributed by atoms with van der Waals surface area (Å²) in [6, 6.07) is 10.7. The van der Waals surface area contributed by atoms with Gasteiger partial charge in [-0.3, -0.25) is 0 Å². The van der Waals surface area contributed by atoms with Gasteiger partial charge in [0.25, 0.3) is 0 Å². The molecule has 0 heterocycles. The molecule has 0 radical (unpaired) electrons. The average molecular weight is 312 g/mol. The lowest BCUT2D eigenvalue weighted by atomic mass is 10.1. The van der Waals surface area contributed by atoms with Crippen molar-refractivity contribution in [3.05, 3.63) is 35.9 Å². The molecule has 0 aliphatic heterocycles. The molecule has 1 nitrogen and oxygen atoms in total. The lowest BCUT2D eigenvalue weighted by Gasteiger charge is -2.25. The normalized spacial score (nSPS) is 12.9. The van der Waals surface area contributed by atoms with Crippen molar-refractivity contribution in [2.24, 2.45) is 0 Å². The summed E-state index contributed by atoms with van der Waals surface area (Å²) >= 11 is 3.83. The van der Waals surface area contributed by atoms with Crippen LogP contribution in [0.5, 0.6) is 0 Å². The third-order valence-corrected chi connectivity index (χ3v) is 4.05. The molecule has 1 unspecified atom stereocenters. The summed E-state index contributed by atoms with van der Waals surface area (Å²) in [7, 11) is 0. The molecule has 0 N–H and O–H groups in total. The maximum atomic E-state index is 3.83. The molecule has 0 aliphatic carbocycles. The van der Waals surface area contributed by atoms with E-state index in [4.69, 9.17) is 0 Å². The summed E-state index contributed by atoms with van der Waals surface area (Å²) < 4.78 is 0. The Bertz CT molecular complexity index is 291. The highest BCUT2D eigenvalue weighted by Crippen LogP contribution is 2.23. The number of nitrogens with zero attached hydrogens (tertiary/aromatic N) is 1. The largest absolute Gasteiger partial charge is 0.302 e. The molecule has 0 aromatic heterocycles. The van der Waals surface area contributed by atoms with E-state index in [9.17, 15) is 0 Å². The van der Waals surface area contributed by atoms with E-state index in [-0.39, 0.29) is 0 Å². The predicted octanol–water partition coefficient (Wildman–Crippen LogP) is 5.02. The second kappa shape index (κ2) is 9.57. The van der Waals surface area contributed by atoms with E-state index in [0.717, 1.165) is 6.54 Å². The average Bonchev–Trinajstić information content (AvgIpc) is 2.42. The van der Waals surface area contributed by atoms with Gasteiger partial charge in [-0.05, 0) is 31.5 Å². The highest BCUT2D eigenvalue weighted by molar-refractivity contribution is 9.09. The number of halogens is 1. The highest BCUT2D eigenvalue weighted by Gasteiger charge is 2.12. The minimum absolute atomic E-state index is 0.451. The van der Waals surface area contributed by atoms with Gasteiger partial charge in [-0.25, -0.2) is 0 Å². The number of hydrogen-bond donors (Lipinski definition) is 0. The van der Waals surface area contributed by atoms with E-state index in [2.05, 4.69) is 65.0 Å². The quantitative estimate of drug-likeness (QED) is 0.578. The molecule has 102 valence electrons. The summed E-state index contributed by atoms with van der Waals surface area (Å²) in [5.41, 5.74) is 1.38. The third-order valence-electron chi connectivity index (χ3n) is 3.24. The summed E-state index contributed by atoms with van der Waals surface area (Å²) in [6.07, 6.45) is 5.16. The van der Waals surface area contributed by atoms with Crippen LogP contribution in [-0.4, -0.2) is 24.5 Å². The van der Waals surface area contributed by atoms with Gasteiger partial charge >= 0.3 is 0 Å². The molecule has 0 fully saturated rings. The fourth-order valence-electron chi connectivity index (χ4n) is 2.05. The second-order valence-electron chi connectivity index (χ2n) is 4.89. The minimum Gasteiger partial charge on any atom is -0.302 e. The second-order valence-corrected chi connectivity index (χ2v) is 5.99. The van der Waals surface area contributed by atoms with Crippen LogP contribution in [0, 0.1) is 0 Å². The van der Waals surface area contributed by atoms with Crippen molar-refractivity contribution in [3.63, 3.8) is 0 Å². The molecule has 0 saturated heterocycles. The molecular weight excluding hydrogens is 286 g/mol. The van der Waals surface area contributed by atoms with E-state index in [0.29, 0.717) is 4.83 Å². The Balaban J connectivity index is 2.47. The number of unbranched alkanes of at least 4 members (excludes halogenated alkanes) is 2. The van der Waals surface area contributed by atoms with E-state index >= 15 is 0 Å². The Hall–Kier alpha value is -0.340. The fraction of sp³-hybridized carbons (Fsp3) is 0.625. The van der Waals surface area contributed by atoms with Crippen LogP contribution in [0.15, 0.2) is 30.3 Å². The zero-order valence-corrected chi connectivity index (χ0v) is 13.3. The van der Waals surface area contributed by atoms with Crippen LogP contribution in [0.1, 0.15) is 49.9 Å². The topological polar surface area (TPSA) is 3.24 Å². The molecule has 0 amide bonds. The molecule has 0 spiro atoms. The summed E-state index contributed by atoms with van der Waals surface area (Å²) in [6.45, 7) is 8.10. The standard InChI is InChI=1S/C16H26BrN/c1-3-5-12-18(13-6-4-2)14-16(17)15-10-8-7-9-11-15/h7-11,16H,3-6,12-14H2,1-2H3. The van der Waals surface area contributed by atoms with Crippen molar-refractivity contribution in [1.29, 1.82) is 0 Å². The van der Waals surface area contributed by atoms with Gasteiger partial charge in [0.2, 0.25) is 0 Å². The Kier molecular flexibility index (Phi) is 8.36. The first kappa shape index (κ1) is 15.7. The van der Waals surface area contributed by atoms with Gasteiger partial charge < -0.3 is 4.90 Å². The first-order valence-corrected chi connectivity index (χ1v) is 8.10. The zero-order chi connectivity index (χ0) is 13.2. The van der Waals surface area contributed by atoms with Gasteiger partial charge in [0.1, 0.15) is 0 Å². The summed E-state index contributed by atoms with van der Waals surface area (Å²) in [5.74, 6) is 0. The summed E-state index contributed by atoms with van der Waals surface area (Å²) in [4.78, 5) is 3.05. The van der Waals surface area contributed by atoms with Crippen LogP contribution in [0.2, 0.25) is 0 Å². The molecular formula is C16H26BrN. The van der Waals surface area contributed by atoms with Crippen molar-refractivity contribution >= 4 is 15.9 Å². The highest BCUT2D eigenvalue weighted by atomic mass is 79.9. The monoisotopic (exact) mass is 311 g/mol. The van der Waals surface area contributed by atoms with Crippen LogP contribution in [0.4, 0.5) is 0 Å². The van der Waals surface area contributed by atoms with Crippen molar-refractivity contribution in [2.45, 2.75) is 44.4 Å². The molecule has 1 aromatic rings. The van der Waals surface area contributed by atoms with Gasteiger partial charge in [-0.2, -0.15) is 0 Å². The number of benzene rings is 1. The molecule has 0 saturated carbocycles. The lowest BCUT2D eigenvalue weighted by molar-refractivity contribution is 0.267. The predicted molar refractivity (Wildman–Crippen MR) is 84.4 cm³/mol. The SMILES string of the molecule is CCCCN(CCCC)CC(Br)c1ccccc1. The third kappa shape index (κ3) is 6.01. The van der Waals surface area contributed by atoms with Crippen molar-refractivity contribution in [2.75, 3.05) is 19.6 Å². The van der Waals surface area contributed by atoms with Crippen LogP contribution < -0.4 is 0 Å². The first-order valence-electron chi connectivity index (χ1n) is 7.19. The maximum absolute atomic E-state index is 3.83. The van der Waals surface area contributed by atoms with Crippen LogP contribution in [0.3, 0.4) is 0 Å². The van der Waals surface area contributed by atoms with Gasteiger partial charge in [-0.15, -0.1) is 0 Å². The van der Waals surface area contributed by atoms with E-state index in [1.807, 2.05) is 0 Å². The van der Waals surface area contributed by atoms with Crippen molar-refractivity contribution in [3.8, 4) is 0 Å². The van der Waals surface area contributed by atoms with E-state index in [1.165, 1.54) is 44.3 Å². The molecule has 1 aromatic carbocycles. The van der Waals surface area contributed by atoms with Crippen LogP contribution in [0.25, 0.3) is 0 Å².